The van der Waals surface area contributed by atoms with E-state index in [0.717, 1.165) is 5.56 Å². The van der Waals surface area contributed by atoms with E-state index in [9.17, 15) is 4.39 Å². The summed E-state index contributed by atoms with van der Waals surface area (Å²) in [6.45, 7) is 1.78. The first-order valence-corrected chi connectivity index (χ1v) is 4.11. The number of rotatable bonds is 1. The first-order valence-electron chi connectivity index (χ1n) is 3.32. The Labute approximate surface area is 90.4 Å². The van der Waals surface area contributed by atoms with Gasteiger partial charge in [0.2, 0.25) is 0 Å². The molecule has 0 heterocycles. The number of hydrogen-bond acceptors (Lipinski definition) is 1. The number of amidine groups is 1. The van der Waals surface area contributed by atoms with Crippen molar-refractivity contribution in [3.05, 3.63) is 33.5 Å². The van der Waals surface area contributed by atoms with Gasteiger partial charge in [0.15, 0.2) is 0 Å². The molecule has 0 aliphatic heterocycles. The van der Waals surface area contributed by atoms with Gasteiger partial charge >= 0.3 is 0 Å². The fraction of sp³-hybridized carbons (Fsp3) is 0.125. The van der Waals surface area contributed by atoms with E-state index in [4.69, 9.17) is 11.1 Å². The minimum absolute atomic E-state index is 0. The fourth-order valence-electron chi connectivity index (χ4n) is 0.936. The molecule has 5 heteroatoms. The average Bonchev–Trinajstić information content (AvgIpc) is 1.96. The zero-order chi connectivity index (χ0) is 9.30. The van der Waals surface area contributed by atoms with Gasteiger partial charge in [-0.15, -0.1) is 12.4 Å². The minimum Gasteiger partial charge on any atom is -0.384 e. The summed E-state index contributed by atoms with van der Waals surface area (Å²) in [6, 6.07) is 2.85. The molecule has 0 bridgehead atoms. The van der Waals surface area contributed by atoms with Crippen molar-refractivity contribution in [2.24, 2.45) is 5.73 Å². The van der Waals surface area contributed by atoms with Crippen LogP contribution >= 0.6 is 28.3 Å². The molecule has 0 saturated heterocycles. The van der Waals surface area contributed by atoms with E-state index in [2.05, 4.69) is 15.9 Å². The Bertz CT molecular complexity index is 341. The van der Waals surface area contributed by atoms with Gasteiger partial charge in [-0.3, -0.25) is 5.41 Å². The summed E-state index contributed by atoms with van der Waals surface area (Å²) in [5, 5.41) is 7.14. The second-order valence-electron chi connectivity index (χ2n) is 2.49. The van der Waals surface area contributed by atoms with Crippen LogP contribution in [0.3, 0.4) is 0 Å². The molecule has 0 radical (unpaired) electrons. The maximum Gasteiger partial charge on any atom is 0.138 e. The van der Waals surface area contributed by atoms with Crippen LogP contribution in [0.1, 0.15) is 11.1 Å². The molecular weight excluding hydrogens is 258 g/mol. The number of hydrogen-bond donors (Lipinski definition) is 2. The fourth-order valence-corrected chi connectivity index (χ4v) is 1.39. The van der Waals surface area contributed by atoms with Crippen molar-refractivity contribution in [1.29, 1.82) is 5.41 Å². The Kier molecular flexibility index (Phi) is 4.36. The van der Waals surface area contributed by atoms with Crippen molar-refractivity contribution in [2.75, 3.05) is 0 Å². The van der Waals surface area contributed by atoms with Gasteiger partial charge in [-0.1, -0.05) is 0 Å². The van der Waals surface area contributed by atoms with Gasteiger partial charge in [0.1, 0.15) is 11.7 Å². The molecular formula is C8H9BrClFN2. The molecule has 0 fully saturated rings. The number of nitrogen functional groups attached to an aromatic ring is 1. The third-order valence-electron chi connectivity index (χ3n) is 1.56. The molecule has 2 nitrogen and oxygen atoms in total. The smallest absolute Gasteiger partial charge is 0.138 e. The Morgan fingerprint density at radius 3 is 2.54 bits per heavy atom. The van der Waals surface area contributed by atoms with Gasteiger partial charge in [-0.2, -0.15) is 0 Å². The Hall–Kier alpha value is -0.610. The minimum atomic E-state index is -0.397. The standard InChI is InChI=1S/C8H8BrFN2.ClH/c1-4-2-6(9)7(10)3-5(4)8(11)12;/h2-3H,1H3,(H3,11,12);1H. The van der Waals surface area contributed by atoms with Gasteiger partial charge in [0.05, 0.1) is 4.47 Å². The van der Waals surface area contributed by atoms with Gasteiger partial charge in [-0.25, -0.2) is 4.39 Å². The summed E-state index contributed by atoms with van der Waals surface area (Å²) in [7, 11) is 0. The summed E-state index contributed by atoms with van der Waals surface area (Å²) in [5.74, 6) is -0.510. The highest BCUT2D eigenvalue weighted by Crippen LogP contribution is 2.19. The van der Waals surface area contributed by atoms with Crippen LogP contribution in [0.4, 0.5) is 4.39 Å². The Morgan fingerprint density at radius 2 is 2.08 bits per heavy atom. The highest BCUT2D eigenvalue weighted by Gasteiger charge is 2.06. The SMILES string of the molecule is Cc1cc(Br)c(F)cc1C(=N)N.Cl. The number of benzene rings is 1. The molecule has 0 aromatic heterocycles. The quantitative estimate of drug-likeness (QED) is 0.596. The van der Waals surface area contributed by atoms with Crippen molar-refractivity contribution in [1.82, 2.24) is 0 Å². The second kappa shape index (κ2) is 4.58. The van der Waals surface area contributed by atoms with Crippen LogP contribution in [0.25, 0.3) is 0 Å². The number of nitrogens with two attached hydrogens (primary N) is 1. The van der Waals surface area contributed by atoms with Crippen LogP contribution in [-0.2, 0) is 0 Å². The predicted octanol–water partition coefficient (Wildman–Crippen LogP) is 2.60. The lowest BCUT2D eigenvalue weighted by atomic mass is 10.1. The van der Waals surface area contributed by atoms with E-state index < -0.39 is 5.82 Å². The number of halogens is 3. The zero-order valence-electron chi connectivity index (χ0n) is 6.90. The second-order valence-corrected chi connectivity index (χ2v) is 3.35. The van der Waals surface area contributed by atoms with Crippen molar-refractivity contribution in [3.8, 4) is 0 Å². The maximum absolute atomic E-state index is 12.9. The highest BCUT2D eigenvalue weighted by atomic mass is 79.9. The molecule has 0 saturated carbocycles. The van der Waals surface area contributed by atoms with Crippen LogP contribution < -0.4 is 5.73 Å². The van der Waals surface area contributed by atoms with Crippen LogP contribution in [0.5, 0.6) is 0 Å². The van der Waals surface area contributed by atoms with Crippen molar-refractivity contribution >= 4 is 34.2 Å². The summed E-state index contributed by atoms with van der Waals surface area (Å²) in [4.78, 5) is 0. The van der Waals surface area contributed by atoms with Crippen LogP contribution in [0.15, 0.2) is 16.6 Å². The van der Waals surface area contributed by atoms with E-state index in [-0.39, 0.29) is 18.2 Å². The molecule has 0 unspecified atom stereocenters. The lowest BCUT2D eigenvalue weighted by molar-refractivity contribution is 0.620. The summed E-state index contributed by atoms with van der Waals surface area (Å²) in [6.07, 6.45) is 0. The monoisotopic (exact) mass is 266 g/mol. The predicted molar refractivity (Wildman–Crippen MR) is 57.1 cm³/mol. The van der Waals surface area contributed by atoms with Crippen molar-refractivity contribution in [2.45, 2.75) is 6.92 Å². The first-order chi connectivity index (χ1) is 5.52. The lowest BCUT2D eigenvalue weighted by Crippen LogP contribution is -2.13. The third-order valence-corrected chi connectivity index (χ3v) is 2.17. The largest absolute Gasteiger partial charge is 0.384 e. The highest BCUT2D eigenvalue weighted by molar-refractivity contribution is 9.10. The van der Waals surface area contributed by atoms with Crippen LogP contribution in [0, 0.1) is 18.2 Å². The average molecular weight is 268 g/mol. The molecule has 1 aromatic carbocycles. The zero-order valence-corrected chi connectivity index (χ0v) is 9.30. The van der Waals surface area contributed by atoms with Crippen LogP contribution in [0.2, 0.25) is 0 Å². The van der Waals surface area contributed by atoms with E-state index in [0.29, 0.717) is 10.0 Å². The van der Waals surface area contributed by atoms with Crippen LogP contribution in [-0.4, -0.2) is 5.84 Å². The molecule has 0 aliphatic carbocycles. The molecule has 72 valence electrons. The summed E-state index contributed by atoms with van der Waals surface area (Å²) in [5.41, 5.74) is 6.46. The molecule has 1 rings (SSSR count). The molecule has 3 N–H and O–H groups in total. The molecule has 0 aliphatic rings. The third kappa shape index (κ3) is 2.67. The Morgan fingerprint density at radius 1 is 1.54 bits per heavy atom. The lowest BCUT2D eigenvalue weighted by Gasteiger charge is -2.04. The molecule has 1 aromatic rings. The van der Waals surface area contributed by atoms with E-state index in [1.807, 2.05) is 0 Å². The molecule has 0 amide bonds. The van der Waals surface area contributed by atoms with E-state index >= 15 is 0 Å². The van der Waals surface area contributed by atoms with Gasteiger partial charge in [0.25, 0.3) is 0 Å². The van der Waals surface area contributed by atoms with Crippen molar-refractivity contribution in [3.63, 3.8) is 0 Å². The number of nitrogens with one attached hydrogen (secondary N) is 1. The van der Waals surface area contributed by atoms with Gasteiger partial charge < -0.3 is 5.73 Å². The first kappa shape index (κ1) is 12.4. The number of aryl methyl sites for hydroxylation is 1. The molecule has 13 heavy (non-hydrogen) atoms. The molecule has 0 spiro atoms. The normalized spacial score (nSPS) is 9.15. The summed E-state index contributed by atoms with van der Waals surface area (Å²) < 4.78 is 13.3. The molecule has 0 atom stereocenters. The van der Waals surface area contributed by atoms with E-state index in [1.165, 1.54) is 6.07 Å². The maximum atomic E-state index is 12.9. The van der Waals surface area contributed by atoms with Gasteiger partial charge in [0, 0.05) is 5.56 Å². The summed E-state index contributed by atoms with van der Waals surface area (Å²) >= 11 is 3.04. The van der Waals surface area contributed by atoms with Crippen molar-refractivity contribution < 1.29 is 4.39 Å². The van der Waals surface area contributed by atoms with E-state index in [1.54, 1.807) is 13.0 Å². The topological polar surface area (TPSA) is 49.9 Å². The van der Waals surface area contributed by atoms with Gasteiger partial charge in [-0.05, 0) is 40.5 Å². The Balaban J connectivity index is 0.00000144.